The number of piperidine rings is 1. The summed E-state index contributed by atoms with van der Waals surface area (Å²) in [7, 11) is 0. The minimum Gasteiger partial charge on any atom is -0.393 e. The molecule has 3 nitrogen and oxygen atoms in total. The third kappa shape index (κ3) is 2.69. The van der Waals surface area contributed by atoms with Gasteiger partial charge in [-0.05, 0) is 37.8 Å². The minimum absolute atomic E-state index is 0.129. The van der Waals surface area contributed by atoms with Crippen LogP contribution in [0.1, 0.15) is 39.9 Å². The highest BCUT2D eigenvalue weighted by Gasteiger charge is 2.23. The fourth-order valence-corrected chi connectivity index (χ4v) is 3.28. The van der Waals surface area contributed by atoms with Gasteiger partial charge >= 0.3 is 0 Å². The summed E-state index contributed by atoms with van der Waals surface area (Å²) in [5, 5.41) is 9.43. The second-order valence-electron chi connectivity index (χ2n) is 4.59. The summed E-state index contributed by atoms with van der Waals surface area (Å²) < 4.78 is 0. The van der Waals surface area contributed by atoms with E-state index in [2.05, 4.69) is 13.8 Å². The van der Waals surface area contributed by atoms with Gasteiger partial charge in [0.15, 0.2) is 0 Å². The third-order valence-electron chi connectivity index (χ3n) is 3.30. The van der Waals surface area contributed by atoms with Gasteiger partial charge < -0.3 is 10.0 Å². The number of nitrogens with zero attached hydrogens (tertiary/aromatic N) is 1. The molecule has 1 amide bonds. The summed E-state index contributed by atoms with van der Waals surface area (Å²) >= 11 is 1.61. The van der Waals surface area contributed by atoms with E-state index in [-0.39, 0.29) is 12.0 Å². The van der Waals surface area contributed by atoms with E-state index in [1.165, 1.54) is 10.4 Å². The molecule has 1 N–H and O–H groups in total. The number of hydrogen-bond donors (Lipinski definition) is 1. The van der Waals surface area contributed by atoms with Crippen LogP contribution in [0.25, 0.3) is 0 Å². The van der Waals surface area contributed by atoms with Crippen LogP contribution in [0, 0.1) is 6.92 Å². The molecule has 0 aromatic carbocycles. The van der Waals surface area contributed by atoms with Gasteiger partial charge in [-0.3, -0.25) is 4.79 Å². The van der Waals surface area contributed by atoms with Gasteiger partial charge in [-0.1, -0.05) is 6.92 Å². The Bertz CT molecular complexity index is 406. The van der Waals surface area contributed by atoms with E-state index < -0.39 is 0 Å². The quantitative estimate of drug-likeness (QED) is 0.878. The molecule has 0 spiro atoms. The molecule has 1 aliphatic rings. The van der Waals surface area contributed by atoms with E-state index in [9.17, 15) is 9.90 Å². The van der Waals surface area contributed by atoms with Crippen molar-refractivity contribution in [3.05, 3.63) is 21.4 Å². The van der Waals surface area contributed by atoms with E-state index in [0.29, 0.717) is 25.9 Å². The van der Waals surface area contributed by atoms with Gasteiger partial charge in [0.1, 0.15) is 0 Å². The zero-order chi connectivity index (χ0) is 12.4. The Balaban J connectivity index is 2.08. The van der Waals surface area contributed by atoms with Crippen LogP contribution in [0.2, 0.25) is 0 Å². The van der Waals surface area contributed by atoms with E-state index in [0.717, 1.165) is 11.3 Å². The highest BCUT2D eigenvalue weighted by molar-refractivity contribution is 7.14. The summed E-state index contributed by atoms with van der Waals surface area (Å²) in [4.78, 5) is 16.2. The third-order valence-corrected chi connectivity index (χ3v) is 4.67. The lowest BCUT2D eigenvalue weighted by atomic mass is 10.1. The number of rotatable bonds is 2. The SMILES string of the molecule is CCc1sc(C(=O)N2CCC(O)CC2)cc1C. The highest BCUT2D eigenvalue weighted by Crippen LogP contribution is 2.24. The second-order valence-corrected chi connectivity index (χ2v) is 5.73. The van der Waals surface area contributed by atoms with Crippen LogP contribution in [-0.2, 0) is 6.42 Å². The average molecular weight is 253 g/mol. The predicted molar refractivity (Wildman–Crippen MR) is 69.6 cm³/mol. The molecule has 0 atom stereocenters. The number of thiophene rings is 1. The first-order valence-corrected chi connectivity index (χ1v) is 7.00. The molecule has 0 radical (unpaired) electrons. The Morgan fingerprint density at radius 2 is 2.18 bits per heavy atom. The summed E-state index contributed by atoms with van der Waals surface area (Å²) in [6.45, 7) is 5.53. The topological polar surface area (TPSA) is 40.5 Å². The van der Waals surface area contributed by atoms with Gasteiger partial charge in [0.2, 0.25) is 0 Å². The van der Waals surface area contributed by atoms with Crippen molar-refractivity contribution in [1.29, 1.82) is 0 Å². The largest absolute Gasteiger partial charge is 0.393 e. The molecule has 0 unspecified atom stereocenters. The number of aliphatic hydroxyl groups excluding tert-OH is 1. The Labute approximate surface area is 106 Å². The fourth-order valence-electron chi connectivity index (χ4n) is 2.20. The van der Waals surface area contributed by atoms with Gasteiger partial charge in [0.25, 0.3) is 5.91 Å². The van der Waals surface area contributed by atoms with Gasteiger partial charge in [-0.15, -0.1) is 11.3 Å². The molecule has 94 valence electrons. The predicted octanol–water partition coefficient (Wildman–Crippen LogP) is 2.22. The molecule has 0 aliphatic carbocycles. The first kappa shape index (κ1) is 12.6. The Kier molecular flexibility index (Phi) is 3.84. The summed E-state index contributed by atoms with van der Waals surface area (Å²) in [6, 6.07) is 2.00. The molecule has 1 fully saturated rings. The summed E-state index contributed by atoms with van der Waals surface area (Å²) in [5.74, 6) is 0.129. The molecule has 4 heteroatoms. The molecule has 2 rings (SSSR count). The zero-order valence-electron chi connectivity index (χ0n) is 10.4. The van der Waals surface area contributed by atoms with Crippen LogP contribution in [0.4, 0.5) is 0 Å². The zero-order valence-corrected chi connectivity index (χ0v) is 11.2. The lowest BCUT2D eigenvalue weighted by Crippen LogP contribution is -2.39. The summed E-state index contributed by atoms with van der Waals surface area (Å²) in [5.41, 5.74) is 1.22. The van der Waals surface area contributed by atoms with Crippen molar-refractivity contribution in [1.82, 2.24) is 4.90 Å². The van der Waals surface area contributed by atoms with Crippen LogP contribution >= 0.6 is 11.3 Å². The van der Waals surface area contributed by atoms with E-state index in [1.54, 1.807) is 11.3 Å². The van der Waals surface area contributed by atoms with Gasteiger partial charge in [-0.2, -0.15) is 0 Å². The number of aryl methyl sites for hydroxylation is 2. The van der Waals surface area contributed by atoms with Crippen molar-refractivity contribution in [2.24, 2.45) is 0 Å². The fraction of sp³-hybridized carbons (Fsp3) is 0.615. The van der Waals surface area contributed by atoms with Crippen molar-refractivity contribution in [3.63, 3.8) is 0 Å². The molecular weight excluding hydrogens is 234 g/mol. The van der Waals surface area contributed by atoms with Gasteiger partial charge in [-0.25, -0.2) is 0 Å². The van der Waals surface area contributed by atoms with Crippen molar-refractivity contribution < 1.29 is 9.90 Å². The van der Waals surface area contributed by atoms with E-state index in [4.69, 9.17) is 0 Å². The molecule has 2 heterocycles. The molecule has 17 heavy (non-hydrogen) atoms. The number of hydrogen-bond acceptors (Lipinski definition) is 3. The normalized spacial score (nSPS) is 17.5. The van der Waals surface area contributed by atoms with Crippen molar-refractivity contribution in [3.8, 4) is 0 Å². The number of carbonyl (C=O) groups excluding carboxylic acids is 1. The van der Waals surface area contributed by atoms with Crippen molar-refractivity contribution in [2.75, 3.05) is 13.1 Å². The number of likely N-dealkylation sites (tertiary alicyclic amines) is 1. The molecule has 1 saturated heterocycles. The average Bonchev–Trinajstić information content (AvgIpc) is 2.70. The molecule has 0 saturated carbocycles. The van der Waals surface area contributed by atoms with Crippen molar-refractivity contribution in [2.45, 2.75) is 39.2 Å². The van der Waals surface area contributed by atoms with Gasteiger partial charge in [0, 0.05) is 18.0 Å². The first-order valence-electron chi connectivity index (χ1n) is 6.18. The highest BCUT2D eigenvalue weighted by atomic mass is 32.1. The van der Waals surface area contributed by atoms with Crippen LogP contribution in [0.5, 0.6) is 0 Å². The smallest absolute Gasteiger partial charge is 0.263 e. The Morgan fingerprint density at radius 3 is 2.71 bits per heavy atom. The molecule has 1 aliphatic heterocycles. The van der Waals surface area contributed by atoms with Crippen LogP contribution in [0.3, 0.4) is 0 Å². The number of amides is 1. The standard InChI is InChI=1S/C13H19NO2S/c1-3-11-9(2)8-12(17-11)13(16)14-6-4-10(15)5-7-14/h8,10,15H,3-7H2,1-2H3. The Morgan fingerprint density at radius 1 is 1.53 bits per heavy atom. The minimum atomic E-state index is -0.227. The second kappa shape index (κ2) is 5.19. The number of aliphatic hydroxyl groups is 1. The summed E-state index contributed by atoms with van der Waals surface area (Å²) in [6.07, 6.45) is 2.17. The molecular formula is C13H19NO2S. The number of carbonyl (C=O) groups is 1. The Hall–Kier alpha value is -0.870. The van der Waals surface area contributed by atoms with Crippen LogP contribution in [0.15, 0.2) is 6.07 Å². The first-order chi connectivity index (χ1) is 8.11. The van der Waals surface area contributed by atoms with Crippen molar-refractivity contribution >= 4 is 17.2 Å². The molecule has 1 aromatic heterocycles. The van der Waals surface area contributed by atoms with E-state index in [1.807, 2.05) is 11.0 Å². The maximum absolute atomic E-state index is 12.2. The monoisotopic (exact) mass is 253 g/mol. The van der Waals surface area contributed by atoms with Crippen LogP contribution < -0.4 is 0 Å². The maximum Gasteiger partial charge on any atom is 0.263 e. The van der Waals surface area contributed by atoms with Gasteiger partial charge in [0.05, 0.1) is 11.0 Å². The molecule has 1 aromatic rings. The van der Waals surface area contributed by atoms with E-state index >= 15 is 0 Å². The van der Waals surface area contributed by atoms with Crippen LogP contribution in [-0.4, -0.2) is 35.1 Å². The lowest BCUT2D eigenvalue weighted by Gasteiger charge is -2.29. The molecule has 0 bridgehead atoms. The maximum atomic E-state index is 12.2. The lowest BCUT2D eigenvalue weighted by molar-refractivity contribution is 0.0550.